The van der Waals surface area contributed by atoms with Crippen molar-refractivity contribution in [2.75, 3.05) is 0 Å². The molecule has 0 saturated heterocycles. The van der Waals surface area contributed by atoms with Crippen molar-refractivity contribution in [3.05, 3.63) is 70.2 Å². The summed E-state index contributed by atoms with van der Waals surface area (Å²) in [5.41, 5.74) is 0.985. The van der Waals surface area contributed by atoms with Crippen molar-refractivity contribution < 1.29 is 13.2 Å². The third-order valence-electron chi connectivity index (χ3n) is 2.90. The number of halogens is 5. The Morgan fingerprint density at radius 2 is 1.70 bits per heavy atom. The molecule has 0 bridgehead atoms. The van der Waals surface area contributed by atoms with E-state index in [2.05, 4.69) is 15.9 Å². The molecule has 2 aromatic carbocycles. The van der Waals surface area contributed by atoms with E-state index < -0.39 is 11.7 Å². The zero-order valence-electron chi connectivity index (χ0n) is 10.3. The van der Waals surface area contributed by atoms with E-state index in [1.165, 1.54) is 12.1 Å². The molecule has 0 aliphatic rings. The Morgan fingerprint density at radius 1 is 1.05 bits per heavy atom. The summed E-state index contributed by atoms with van der Waals surface area (Å²) in [7, 11) is 0. The Kier molecular flexibility index (Phi) is 4.76. The molecule has 20 heavy (non-hydrogen) atoms. The van der Waals surface area contributed by atoms with Crippen LogP contribution in [-0.2, 0) is 12.6 Å². The lowest BCUT2D eigenvalue weighted by atomic mass is 10.0. The number of hydrogen-bond donors (Lipinski definition) is 0. The highest BCUT2D eigenvalue weighted by Gasteiger charge is 2.30. The van der Waals surface area contributed by atoms with E-state index in [0.717, 1.165) is 11.6 Å². The summed E-state index contributed by atoms with van der Waals surface area (Å²) in [6.45, 7) is 0. The van der Waals surface area contributed by atoms with E-state index in [4.69, 9.17) is 11.6 Å². The van der Waals surface area contributed by atoms with Crippen molar-refractivity contribution in [2.45, 2.75) is 17.4 Å². The number of hydrogen-bond acceptors (Lipinski definition) is 0. The van der Waals surface area contributed by atoms with Gasteiger partial charge in [0.1, 0.15) is 0 Å². The summed E-state index contributed by atoms with van der Waals surface area (Å²) >= 11 is 9.24. The second-order valence-electron chi connectivity index (χ2n) is 4.42. The zero-order valence-corrected chi connectivity index (χ0v) is 12.6. The molecule has 0 heterocycles. The maximum absolute atomic E-state index is 12.7. The van der Waals surface area contributed by atoms with Gasteiger partial charge in [-0.05, 0) is 35.7 Å². The summed E-state index contributed by atoms with van der Waals surface area (Å²) in [6.07, 6.45) is -3.72. The lowest BCUT2D eigenvalue weighted by Gasteiger charge is -2.13. The summed E-state index contributed by atoms with van der Waals surface area (Å²) in [5.74, 6) is 0. The van der Waals surface area contributed by atoms with Gasteiger partial charge in [-0.3, -0.25) is 0 Å². The van der Waals surface area contributed by atoms with Crippen LogP contribution in [0, 0.1) is 0 Å². The third kappa shape index (κ3) is 4.00. The minimum absolute atomic E-state index is 0.175. The van der Waals surface area contributed by atoms with E-state index in [-0.39, 0.29) is 4.83 Å². The second-order valence-corrected chi connectivity index (χ2v) is 5.96. The number of alkyl halides is 4. The SMILES string of the molecule is FC(F)(F)c1cccc(C(Br)Cc2ccc(Cl)cc2)c1. The van der Waals surface area contributed by atoms with E-state index in [0.29, 0.717) is 17.0 Å². The molecule has 106 valence electrons. The fourth-order valence-corrected chi connectivity index (χ4v) is 2.64. The highest BCUT2D eigenvalue weighted by molar-refractivity contribution is 9.09. The van der Waals surface area contributed by atoms with Gasteiger partial charge in [0, 0.05) is 9.85 Å². The van der Waals surface area contributed by atoms with Gasteiger partial charge in [-0.2, -0.15) is 13.2 Å². The van der Waals surface area contributed by atoms with E-state index >= 15 is 0 Å². The first-order valence-electron chi connectivity index (χ1n) is 5.92. The van der Waals surface area contributed by atoms with Crippen molar-refractivity contribution >= 4 is 27.5 Å². The van der Waals surface area contributed by atoms with Gasteiger partial charge < -0.3 is 0 Å². The van der Waals surface area contributed by atoms with Gasteiger partial charge in [0.25, 0.3) is 0 Å². The maximum Gasteiger partial charge on any atom is 0.416 e. The first kappa shape index (κ1) is 15.4. The summed E-state index contributed by atoms with van der Waals surface area (Å²) in [4.78, 5) is -0.175. The zero-order chi connectivity index (χ0) is 14.8. The smallest absolute Gasteiger partial charge is 0.166 e. The molecule has 0 spiro atoms. The molecule has 0 radical (unpaired) electrons. The second kappa shape index (κ2) is 6.19. The first-order valence-corrected chi connectivity index (χ1v) is 7.21. The van der Waals surface area contributed by atoms with Gasteiger partial charge in [0.15, 0.2) is 0 Å². The van der Waals surface area contributed by atoms with Crippen LogP contribution >= 0.6 is 27.5 Å². The van der Waals surface area contributed by atoms with Crippen molar-refractivity contribution in [1.82, 2.24) is 0 Å². The molecule has 1 unspecified atom stereocenters. The van der Waals surface area contributed by atoms with Gasteiger partial charge in [-0.15, -0.1) is 0 Å². The highest BCUT2D eigenvalue weighted by atomic mass is 79.9. The monoisotopic (exact) mass is 362 g/mol. The molecule has 0 aliphatic heterocycles. The molecule has 0 fully saturated rings. The van der Waals surface area contributed by atoms with Crippen LogP contribution in [0.15, 0.2) is 48.5 Å². The molecule has 2 rings (SSSR count). The van der Waals surface area contributed by atoms with Gasteiger partial charge >= 0.3 is 6.18 Å². The van der Waals surface area contributed by atoms with Crippen LogP contribution < -0.4 is 0 Å². The Bertz CT molecular complexity index is 578. The van der Waals surface area contributed by atoms with Crippen molar-refractivity contribution in [3.8, 4) is 0 Å². The Balaban J connectivity index is 2.17. The molecule has 1 atom stereocenters. The molecule has 0 nitrogen and oxygen atoms in total. The predicted molar refractivity (Wildman–Crippen MR) is 78.3 cm³/mol. The van der Waals surface area contributed by atoms with E-state index in [1.807, 2.05) is 12.1 Å². The fraction of sp³-hybridized carbons (Fsp3) is 0.200. The molecule has 0 amide bonds. The molecular formula is C15H11BrClF3. The highest BCUT2D eigenvalue weighted by Crippen LogP contribution is 2.33. The van der Waals surface area contributed by atoms with Crippen LogP contribution in [-0.4, -0.2) is 0 Å². The molecule has 0 aromatic heterocycles. The van der Waals surface area contributed by atoms with Gasteiger partial charge in [-0.25, -0.2) is 0 Å². The minimum atomic E-state index is -4.32. The molecule has 0 N–H and O–H groups in total. The molecule has 2 aromatic rings. The van der Waals surface area contributed by atoms with Crippen molar-refractivity contribution in [3.63, 3.8) is 0 Å². The Morgan fingerprint density at radius 3 is 2.30 bits per heavy atom. The van der Waals surface area contributed by atoms with Gasteiger partial charge in [0.2, 0.25) is 0 Å². The molecule has 5 heteroatoms. The van der Waals surface area contributed by atoms with Crippen LogP contribution in [0.5, 0.6) is 0 Å². The molecule has 0 aliphatic carbocycles. The predicted octanol–water partition coefficient (Wildman–Crippen LogP) is 6.04. The number of benzene rings is 2. The van der Waals surface area contributed by atoms with E-state index in [9.17, 15) is 13.2 Å². The van der Waals surface area contributed by atoms with Crippen LogP contribution in [0.3, 0.4) is 0 Å². The quantitative estimate of drug-likeness (QED) is 0.583. The fourth-order valence-electron chi connectivity index (χ4n) is 1.86. The Hall–Kier alpha value is -1.00. The van der Waals surface area contributed by atoms with Crippen molar-refractivity contribution in [2.24, 2.45) is 0 Å². The average molecular weight is 364 g/mol. The first-order chi connectivity index (χ1) is 9.36. The lowest BCUT2D eigenvalue weighted by molar-refractivity contribution is -0.137. The van der Waals surface area contributed by atoms with Crippen LogP contribution in [0.1, 0.15) is 21.5 Å². The molecule has 0 saturated carbocycles. The summed E-state index contributed by atoms with van der Waals surface area (Å²) in [6, 6.07) is 12.6. The average Bonchev–Trinajstić information content (AvgIpc) is 2.40. The Labute approximate surface area is 128 Å². The van der Waals surface area contributed by atoms with Crippen LogP contribution in [0.2, 0.25) is 5.02 Å². The largest absolute Gasteiger partial charge is 0.416 e. The summed E-state index contributed by atoms with van der Waals surface area (Å²) < 4.78 is 38.0. The van der Waals surface area contributed by atoms with E-state index in [1.54, 1.807) is 18.2 Å². The van der Waals surface area contributed by atoms with Crippen LogP contribution in [0.25, 0.3) is 0 Å². The van der Waals surface area contributed by atoms with Gasteiger partial charge in [0.05, 0.1) is 5.56 Å². The topological polar surface area (TPSA) is 0 Å². The standard InChI is InChI=1S/C15H11BrClF3/c16-14(8-10-4-6-13(17)7-5-10)11-2-1-3-12(9-11)15(18,19)20/h1-7,9,14H,8H2. The molecular weight excluding hydrogens is 353 g/mol. The van der Waals surface area contributed by atoms with Crippen LogP contribution in [0.4, 0.5) is 13.2 Å². The normalized spacial score (nSPS) is 13.2. The maximum atomic E-state index is 12.7. The lowest BCUT2D eigenvalue weighted by Crippen LogP contribution is -2.06. The van der Waals surface area contributed by atoms with Gasteiger partial charge in [-0.1, -0.05) is 57.9 Å². The summed E-state index contributed by atoms with van der Waals surface area (Å²) in [5, 5.41) is 0.638. The third-order valence-corrected chi connectivity index (χ3v) is 4.01. The van der Waals surface area contributed by atoms with Crippen molar-refractivity contribution in [1.29, 1.82) is 0 Å². The number of rotatable bonds is 3. The minimum Gasteiger partial charge on any atom is -0.166 e.